The topological polar surface area (TPSA) is 25.8 Å². The van der Waals surface area contributed by atoms with Gasteiger partial charge in [-0.15, -0.1) is 0 Å². The van der Waals surface area contributed by atoms with Gasteiger partial charge in [0.1, 0.15) is 0 Å². The number of hydrogen-bond donors (Lipinski definition) is 0. The third-order valence-electron chi connectivity index (χ3n) is 5.80. The minimum absolute atomic E-state index is 0.983. The highest BCUT2D eigenvalue weighted by Crippen LogP contribution is 2.33. The van der Waals surface area contributed by atoms with Crippen LogP contribution < -0.4 is 0 Å². The molecule has 0 spiro atoms. The molecule has 0 fully saturated rings. The van der Waals surface area contributed by atoms with Gasteiger partial charge >= 0.3 is 0 Å². The van der Waals surface area contributed by atoms with Crippen LogP contribution in [0.15, 0.2) is 12.1 Å². The fourth-order valence-corrected chi connectivity index (χ4v) is 4.60. The number of nitrogens with zero attached hydrogens (tertiary/aromatic N) is 2. The quantitative estimate of drug-likeness (QED) is 0.499. The van der Waals surface area contributed by atoms with E-state index >= 15 is 0 Å². The number of pyridine rings is 2. The summed E-state index contributed by atoms with van der Waals surface area (Å²) in [7, 11) is 0. The first-order valence-electron chi connectivity index (χ1n) is 10.4. The number of rotatable bonds is 6. The Labute approximate surface area is 158 Å². The predicted molar refractivity (Wildman–Crippen MR) is 113 cm³/mol. The van der Waals surface area contributed by atoms with E-state index in [4.69, 9.17) is 9.97 Å². The van der Waals surface area contributed by atoms with Gasteiger partial charge in [0.2, 0.25) is 0 Å². The van der Waals surface area contributed by atoms with Gasteiger partial charge in [0, 0.05) is 22.2 Å². The molecule has 0 bridgehead atoms. The summed E-state index contributed by atoms with van der Waals surface area (Å²) >= 11 is 0. The second-order valence-corrected chi connectivity index (χ2v) is 7.01. The van der Waals surface area contributed by atoms with Crippen molar-refractivity contribution in [1.29, 1.82) is 0 Å². The summed E-state index contributed by atoms with van der Waals surface area (Å²) in [5, 5.41) is 2.60. The average molecular weight is 349 g/mol. The van der Waals surface area contributed by atoms with Gasteiger partial charge in [0.15, 0.2) is 0 Å². The Kier molecular flexibility index (Phi) is 5.60. The zero-order valence-electron chi connectivity index (χ0n) is 17.3. The van der Waals surface area contributed by atoms with E-state index in [2.05, 4.69) is 53.7 Å². The van der Waals surface area contributed by atoms with Crippen LogP contribution in [0, 0.1) is 0 Å². The average Bonchev–Trinajstić information content (AvgIpc) is 2.69. The van der Waals surface area contributed by atoms with Gasteiger partial charge in [-0.3, -0.25) is 9.97 Å². The minimum Gasteiger partial charge on any atom is -0.250 e. The summed E-state index contributed by atoms with van der Waals surface area (Å²) < 4.78 is 0. The van der Waals surface area contributed by atoms with Crippen LogP contribution in [0.1, 0.15) is 75.2 Å². The van der Waals surface area contributed by atoms with E-state index < -0.39 is 0 Å². The van der Waals surface area contributed by atoms with E-state index in [-0.39, 0.29) is 0 Å². The maximum atomic E-state index is 5.15. The van der Waals surface area contributed by atoms with Crippen LogP contribution in [-0.4, -0.2) is 9.97 Å². The molecule has 0 unspecified atom stereocenters. The molecule has 0 N–H and O–H groups in total. The van der Waals surface area contributed by atoms with Gasteiger partial charge in [0.25, 0.3) is 0 Å². The molecule has 0 saturated heterocycles. The van der Waals surface area contributed by atoms with E-state index in [1.165, 1.54) is 44.4 Å². The number of benzene rings is 1. The second-order valence-electron chi connectivity index (χ2n) is 7.01. The lowest BCUT2D eigenvalue weighted by Crippen LogP contribution is -2.06. The molecule has 0 amide bonds. The zero-order valence-corrected chi connectivity index (χ0v) is 17.3. The third kappa shape index (κ3) is 2.80. The number of fused-ring (bicyclic) bond motifs is 3. The lowest BCUT2D eigenvalue weighted by atomic mass is 9.91. The molecule has 0 aliphatic carbocycles. The molecular weight excluding hydrogens is 316 g/mol. The van der Waals surface area contributed by atoms with E-state index in [9.17, 15) is 0 Å². The lowest BCUT2D eigenvalue weighted by Gasteiger charge is -2.18. The lowest BCUT2D eigenvalue weighted by molar-refractivity contribution is 0.939. The number of aromatic nitrogens is 2. The van der Waals surface area contributed by atoms with Crippen molar-refractivity contribution in [3.05, 3.63) is 45.8 Å². The molecule has 138 valence electrons. The molecule has 2 aromatic heterocycles. The molecular formula is C24H32N2. The predicted octanol–water partition coefficient (Wildman–Crippen LogP) is 6.16. The van der Waals surface area contributed by atoms with Crippen molar-refractivity contribution in [3.8, 4) is 0 Å². The molecule has 2 nitrogen and oxygen atoms in total. The number of aryl methyl sites for hydroxylation is 4. The van der Waals surface area contributed by atoms with Gasteiger partial charge < -0.3 is 0 Å². The van der Waals surface area contributed by atoms with Crippen LogP contribution in [-0.2, 0) is 38.5 Å². The highest BCUT2D eigenvalue weighted by molar-refractivity contribution is 6.05. The minimum atomic E-state index is 0.983. The Morgan fingerprint density at radius 3 is 1.12 bits per heavy atom. The summed E-state index contributed by atoms with van der Waals surface area (Å²) in [4.78, 5) is 10.3. The second kappa shape index (κ2) is 7.73. The fraction of sp³-hybridized carbons (Fsp3) is 0.500. The standard InChI is InChI=1S/C24H32N2/c1-7-15-17(9-3)21(11-5)25-23-19(15)13-14-20-16(8-2)18(10-4)22(12-6)26-24(20)23/h13-14H,7-12H2,1-6H3. The maximum Gasteiger partial charge on any atom is 0.0971 e. The van der Waals surface area contributed by atoms with Crippen molar-refractivity contribution in [2.24, 2.45) is 0 Å². The van der Waals surface area contributed by atoms with Crippen molar-refractivity contribution in [3.63, 3.8) is 0 Å². The SMILES string of the molecule is CCc1nc2c(ccc3c(CC)c(CC)c(CC)nc32)c(CC)c1CC. The van der Waals surface area contributed by atoms with Gasteiger partial charge in [-0.25, -0.2) is 0 Å². The Bertz CT molecular complexity index is 875. The molecule has 0 radical (unpaired) electrons. The Balaban J connectivity index is 2.53. The molecule has 0 aliphatic heterocycles. The summed E-state index contributed by atoms with van der Waals surface area (Å²) in [6.45, 7) is 13.5. The van der Waals surface area contributed by atoms with Crippen LogP contribution in [0.5, 0.6) is 0 Å². The first-order chi connectivity index (χ1) is 12.6. The zero-order chi connectivity index (χ0) is 18.8. The van der Waals surface area contributed by atoms with E-state index in [1.54, 1.807) is 0 Å². The summed E-state index contributed by atoms with van der Waals surface area (Å²) in [5.41, 5.74) is 10.5. The van der Waals surface area contributed by atoms with Crippen LogP contribution >= 0.6 is 0 Å². The molecule has 26 heavy (non-hydrogen) atoms. The van der Waals surface area contributed by atoms with Crippen LogP contribution in [0.3, 0.4) is 0 Å². The molecule has 3 rings (SSSR count). The fourth-order valence-electron chi connectivity index (χ4n) is 4.60. The molecule has 0 aliphatic rings. The normalized spacial score (nSPS) is 11.6. The highest BCUT2D eigenvalue weighted by Gasteiger charge is 2.18. The summed E-state index contributed by atoms with van der Waals surface area (Å²) in [6, 6.07) is 4.60. The maximum absolute atomic E-state index is 5.15. The largest absolute Gasteiger partial charge is 0.250 e. The van der Waals surface area contributed by atoms with Gasteiger partial charge in [0.05, 0.1) is 11.0 Å². The third-order valence-corrected chi connectivity index (χ3v) is 5.80. The van der Waals surface area contributed by atoms with Crippen molar-refractivity contribution in [2.45, 2.75) is 80.1 Å². The Morgan fingerprint density at radius 1 is 0.500 bits per heavy atom. The highest BCUT2D eigenvalue weighted by atomic mass is 14.8. The first kappa shape index (κ1) is 18.8. The Morgan fingerprint density at radius 2 is 0.846 bits per heavy atom. The Hall–Kier alpha value is -1.96. The van der Waals surface area contributed by atoms with Gasteiger partial charge in [-0.1, -0.05) is 53.7 Å². The van der Waals surface area contributed by atoms with Crippen LogP contribution in [0.2, 0.25) is 0 Å². The molecule has 2 heterocycles. The monoisotopic (exact) mass is 348 g/mol. The first-order valence-corrected chi connectivity index (χ1v) is 10.4. The molecule has 0 atom stereocenters. The number of hydrogen-bond acceptors (Lipinski definition) is 2. The molecule has 0 saturated carbocycles. The molecule has 2 heteroatoms. The van der Waals surface area contributed by atoms with Gasteiger partial charge in [-0.05, 0) is 60.8 Å². The van der Waals surface area contributed by atoms with Gasteiger partial charge in [-0.2, -0.15) is 0 Å². The van der Waals surface area contributed by atoms with Crippen LogP contribution in [0.25, 0.3) is 21.8 Å². The van der Waals surface area contributed by atoms with Crippen molar-refractivity contribution in [1.82, 2.24) is 9.97 Å². The van der Waals surface area contributed by atoms with Crippen LogP contribution in [0.4, 0.5) is 0 Å². The summed E-state index contributed by atoms with van der Waals surface area (Å²) in [5.74, 6) is 0. The van der Waals surface area contributed by atoms with Crippen molar-refractivity contribution in [2.75, 3.05) is 0 Å². The molecule has 3 aromatic rings. The van der Waals surface area contributed by atoms with E-state index in [0.29, 0.717) is 0 Å². The summed E-state index contributed by atoms with van der Waals surface area (Å²) in [6.07, 6.45) is 6.17. The van der Waals surface area contributed by atoms with Crippen molar-refractivity contribution >= 4 is 21.8 Å². The smallest absolute Gasteiger partial charge is 0.0971 e. The molecule has 1 aromatic carbocycles. The van der Waals surface area contributed by atoms with E-state index in [1.807, 2.05) is 0 Å². The van der Waals surface area contributed by atoms with Crippen molar-refractivity contribution < 1.29 is 0 Å². The van der Waals surface area contributed by atoms with E-state index in [0.717, 1.165) is 49.6 Å².